The second kappa shape index (κ2) is 6.74. The molecule has 1 saturated heterocycles. The van der Waals surface area contributed by atoms with Crippen LogP contribution in [0.2, 0.25) is 0 Å². The van der Waals surface area contributed by atoms with Crippen molar-refractivity contribution in [2.45, 2.75) is 17.7 Å². The normalized spacial score (nSPS) is 21.6. The number of nitrogens with one attached hydrogen (secondary N) is 2. The number of halogens is 1. The Kier molecular flexibility index (Phi) is 4.91. The van der Waals surface area contributed by atoms with Gasteiger partial charge in [0.2, 0.25) is 10.0 Å². The largest absolute Gasteiger partial charge is 0.486 e. The lowest BCUT2D eigenvalue weighted by Gasteiger charge is -2.23. The third-order valence-corrected chi connectivity index (χ3v) is 6.23. The Balaban J connectivity index is 1.76. The molecule has 1 atom stereocenters. The van der Waals surface area contributed by atoms with Crippen molar-refractivity contribution >= 4 is 26.0 Å². The van der Waals surface area contributed by atoms with Gasteiger partial charge in [-0.05, 0) is 53.8 Å². The third kappa shape index (κ3) is 3.56. The molecule has 1 aromatic carbocycles. The molecule has 1 fully saturated rings. The lowest BCUT2D eigenvalue weighted by molar-refractivity contribution is 0.171. The molecule has 6 nitrogen and oxygen atoms in total. The molecule has 122 valence electrons. The molecular weight excluding hydrogens is 372 g/mol. The second-order valence-electron chi connectivity index (χ2n) is 5.49. The molecule has 0 aromatic heterocycles. The molecule has 0 saturated carbocycles. The fraction of sp³-hybridized carbons (Fsp3) is 0.571. The highest BCUT2D eigenvalue weighted by molar-refractivity contribution is 9.10. The number of benzene rings is 1. The first-order chi connectivity index (χ1) is 10.6. The van der Waals surface area contributed by atoms with Crippen molar-refractivity contribution in [3.8, 4) is 11.5 Å². The monoisotopic (exact) mass is 390 g/mol. The summed E-state index contributed by atoms with van der Waals surface area (Å²) in [4.78, 5) is 0.181. The van der Waals surface area contributed by atoms with Gasteiger partial charge in [-0.15, -0.1) is 0 Å². The maximum absolute atomic E-state index is 12.5. The van der Waals surface area contributed by atoms with E-state index in [0.717, 1.165) is 25.9 Å². The summed E-state index contributed by atoms with van der Waals surface area (Å²) >= 11 is 3.31. The van der Waals surface area contributed by atoms with Crippen LogP contribution in [0, 0.1) is 5.92 Å². The highest BCUT2D eigenvalue weighted by Crippen LogP contribution is 2.37. The number of fused-ring (bicyclic) bond motifs is 1. The van der Waals surface area contributed by atoms with Crippen molar-refractivity contribution in [2.75, 3.05) is 32.8 Å². The van der Waals surface area contributed by atoms with Crippen LogP contribution in [0.4, 0.5) is 0 Å². The molecule has 2 heterocycles. The van der Waals surface area contributed by atoms with Crippen LogP contribution < -0.4 is 19.5 Å². The van der Waals surface area contributed by atoms with Gasteiger partial charge < -0.3 is 14.8 Å². The average molecular weight is 391 g/mol. The molecule has 2 aliphatic rings. The summed E-state index contributed by atoms with van der Waals surface area (Å²) in [6.07, 6.45) is 2.12. The summed E-state index contributed by atoms with van der Waals surface area (Å²) in [5.41, 5.74) is 0. The van der Waals surface area contributed by atoms with Crippen molar-refractivity contribution < 1.29 is 17.9 Å². The van der Waals surface area contributed by atoms with Crippen LogP contribution in [-0.4, -0.2) is 41.3 Å². The van der Waals surface area contributed by atoms with E-state index in [1.54, 1.807) is 6.07 Å². The van der Waals surface area contributed by atoms with Gasteiger partial charge in [0, 0.05) is 17.1 Å². The van der Waals surface area contributed by atoms with Crippen molar-refractivity contribution in [3.05, 3.63) is 16.6 Å². The first-order valence-corrected chi connectivity index (χ1v) is 9.63. The molecule has 2 N–H and O–H groups in total. The maximum atomic E-state index is 12.5. The van der Waals surface area contributed by atoms with Crippen LogP contribution in [0.5, 0.6) is 11.5 Å². The van der Waals surface area contributed by atoms with Crippen molar-refractivity contribution in [1.82, 2.24) is 10.0 Å². The topological polar surface area (TPSA) is 76.7 Å². The molecule has 0 bridgehead atoms. The van der Waals surface area contributed by atoms with E-state index >= 15 is 0 Å². The summed E-state index contributed by atoms with van der Waals surface area (Å²) in [5, 5.41) is 3.28. The van der Waals surface area contributed by atoms with Gasteiger partial charge in [-0.25, -0.2) is 13.1 Å². The third-order valence-electron chi connectivity index (χ3n) is 3.85. The Labute approximate surface area is 138 Å². The minimum atomic E-state index is -3.58. The van der Waals surface area contributed by atoms with Crippen LogP contribution >= 0.6 is 15.9 Å². The molecule has 8 heteroatoms. The van der Waals surface area contributed by atoms with Crippen LogP contribution in [-0.2, 0) is 10.0 Å². The summed E-state index contributed by atoms with van der Waals surface area (Å²) < 4.78 is 39.1. The van der Waals surface area contributed by atoms with Crippen LogP contribution in [0.25, 0.3) is 0 Å². The zero-order chi connectivity index (χ0) is 15.6. The van der Waals surface area contributed by atoms with E-state index in [2.05, 4.69) is 26.0 Å². The Hall–Kier alpha value is -0.830. The summed E-state index contributed by atoms with van der Waals surface area (Å²) in [6, 6.07) is 3.16. The van der Waals surface area contributed by atoms with E-state index in [1.807, 2.05) is 0 Å². The fourth-order valence-corrected chi connectivity index (χ4v) is 4.80. The molecule has 2 aliphatic heterocycles. The minimum absolute atomic E-state index is 0.181. The van der Waals surface area contributed by atoms with Gasteiger partial charge in [-0.3, -0.25) is 0 Å². The Morgan fingerprint density at radius 1 is 1.27 bits per heavy atom. The Morgan fingerprint density at radius 2 is 2.00 bits per heavy atom. The minimum Gasteiger partial charge on any atom is -0.486 e. The fourth-order valence-electron chi connectivity index (χ4n) is 2.65. The lowest BCUT2D eigenvalue weighted by atomic mass is 10.0. The molecule has 0 amide bonds. The first-order valence-electron chi connectivity index (χ1n) is 7.36. The molecule has 0 aliphatic carbocycles. The molecule has 3 rings (SSSR count). The Morgan fingerprint density at radius 3 is 2.68 bits per heavy atom. The van der Waals surface area contributed by atoms with Gasteiger partial charge in [-0.2, -0.15) is 0 Å². The molecular formula is C14H19BrN2O4S. The van der Waals surface area contributed by atoms with Crippen LogP contribution in [0.15, 0.2) is 21.5 Å². The maximum Gasteiger partial charge on any atom is 0.241 e. The average Bonchev–Trinajstić information content (AvgIpc) is 2.53. The number of hydrogen-bond donors (Lipinski definition) is 2. The van der Waals surface area contributed by atoms with Gasteiger partial charge in [0.25, 0.3) is 0 Å². The Bertz CT molecular complexity index is 644. The SMILES string of the molecule is O=S(=O)(NCC1CCCNC1)c1cc2c(cc1Br)OCCO2. The first kappa shape index (κ1) is 16.0. The number of piperidine rings is 1. The smallest absolute Gasteiger partial charge is 0.241 e. The molecule has 0 spiro atoms. The van der Waals surface area contributed by atoms with E-state index in [-0.39, 0.29) is 4.90 Å². The van der Waals surface area contributed by atoms with Crippen molar-refractivity contribution in [2.24, 2.45) is 5.92 Å². The van der Waals surface area contributed by atoms with Gasteiger partial charge >= 0.3 is 0 Å². The summed E-state index contributed by atoms with van der Waals surface area (Å²) in [7, 11) is -3.58. The van der Waals surface area contributed by atoms with Crippen molar-refractivity contribution in [1.29, 1.82) is 0 Å². The zero-order valence-corrected chi connectivity index (χ0v) is 14.5. The highest BCUT2D eigenvalue weighted by atomic mass is 79.9. The van der Waals surface area contributed by atoms with E-state index in [4.69, 9.17) is 9.47 Å². The standard InChI is InChI=1S/C14H19BrN2O4S/c15-11-6-12-13(21-5-4-20-12)7-14(11)22(18,19)17-9-10-2-1-3-16-8-10/h6-7,10,16-17H,1-5,8-9H2. The van der Waals surface area contributed by atoms with Crippen molar-refractivity contribution in [3.63, 3.8) is 0 Å². The summed E-state index contributed by atoms with van der Waals surface area (Å²) in [6.45, 7) is 3.20. The van der Waals surface area contributed by atoms with E-state index in [0.29, 0.717) is 41.6 Å². The van der Waals surface area contributed by atoms with Gasteiger partial charge in [0.05, 0.1) is 0 Å². The quantitative estimate of drug-likeness (QED) is 0.814. The number of rotatable bonds is 4. The van der Waals surface area contributed by atoms with E-state index in [1.165, 1.54) is 6.07 Å². The van der Waals surface area contributed by atoms with E-state index in [9.17, 15) is 8.42 Å². The lowest BCUT2D eigenvalue weighted by Crippen LogP contribution is -2.38. The number of ether oxygens (including phenoxy) is 2. The molecule has 1 aromatic rings. The summed E-state index contributed by atoms with van der Waals surface area (Å²) in [5.74, 6) is 1.36. The molecule has 1 unspecified atom stereocenters. The van der Waals surface area contributed by atoms with Crippen LogP contribution in [0.1, 0.15) is 12.8 Å². The predicted molar refractivity (Wildman–Crippen MR) is 85.9 cm³/mol. The van der Waals surface area contributed by atoms with Gasteiger partial charge in [-0.1, -0.05) is 0 Å². The zero-order valence-electron chi connectivity index (χ0n) is 12.1. The number of hydrogen-bond acceptors (Lipinski definition) is 5. The highest BCUT2D eigenvalue weighted by Gasteiger charge is 2.24. The van der Waals surface area contributed by atoms with Gasteiger partial charge in [0.15, 0.2) is 11.5 Å². The molecule has 0 radical (unpaired) electrons. The second-order valence-corrected chi connectivity index (χ2v) is 8.08. The van der Waals surface area contributed by atoms with E-state index < -0.39 is 10.0 Å². The number of sulfonamides is 1. The van der Waals surface area contributed by atoms with Gasteiger partial charge in [0.1, 0.15) is 18.1 Å². The van der Waals surface area contributed by atoms with Crippen LogP contribution in [0.3, 0.4) is 0 Å². The molecule has 22 heavy (non-hydrogen) atoms. The predicted octanol–water partition coefficient (Wildman–Crippen LogP) is 1.50.